The fraction of sp³-hybridized carbons (Fsp3) is 0.381. The van der Waals surface area contributed by atoms with E-state index < -0.39 is 4.92 Å². The summed E-state index contributed by atoms with van der Waals surface area (Å²) in [5.41, 5.74) is 2.94. The van der Waals surface area contributed by atoms with Crippen molar-refractivity contribution < 1.29 is 14.5 Å². The van der Waals surface area contributed by atoms with Crippen molar-refractivity contribution in [2.45, 2.75) is 32.9 Å². The molecule has 1 amide bonds. The van der Waals surface area contributed by atoms with Crippen LogP contribution in [-0.2, 0) is 4.74 Å². The smallest absolute Gasteiger partial charge is 0.293 e. The number of carbonyl (C=O) groups excluding carboxylic acids is 1. The first-order chi connectivity index (χ1) is 13.4. The summed E-state index contributed by atoms with van der Waals surface area (Å²) in [6.45, 7) is 7.28. The zero-order valence-electron chi connectivity index (χ0n) is 16.3. The lowest BCUT2D eigenvalue weighted by Gasteiger charge is -2.35. The maximum atomic E-state index is 12.2. The number of benzene rings is 2. The first-order valence-electron chi connectivity index (χ1n) is 9.38. The number of aryl methyl sites for hydroxylation is 1. The standard InChI is InChI=1S/C21H25N3O4/c1-14(2)22-21(25)16-8-9-18(19(12-16)24(26)27)23-10-11-28-20(13-23)17-7-5-4-6-15(17)3/h4-9,12,14,20H,10-11,13H2,1-3H3,(H,22,25). The van der Waals surface area contributed by atoms with Crippen molar-refractivity contribution in [1.29, 1.82) is 0 Å². The third-order valence-corrected chi connectivity index (χ3v) is 4.80. The number of rotatable bonds is 5. The summed E-state index contributed by atoms with van der Waals surface area (Å²) in [4.78, 5) is 25.4. The van der Waals surface area contributed by atoms with E-state index in [1.54, 1.807) is 12.1 Å². The average molecular weight is 383 g/mol. The SMILES string of the molecule is Cc1ccccc1C1CN(c2ccc(C(=O)NC(C)C)cc2[N+](=O)[O-])CCO1. The number of ether oxygens (including phenoxy) is 1. The largest absolute Gasteiger partial charge is 0.370 e. The summed E-state index contributed by atoms with van der Waals surface area (Å²) in [5, 5.41) is 14.4. The van der Waals surface area contributed by atoms with Gasteiger partial charge in [-0.25, -0.2) is 0 Å². The number of nitro groups is 1. The van der Waals surface area contributed by atoms with Crippen LogP contribution in [0.25, 0.3) is 0 Å². The van der Waals surface area contributed by atoms with Crippen LogP contribution < -0.4 is 10.2 Å². The lowest BCUT2D eigenvalue weighted by atomic mass is 10.0. The zero-order valence-corrected chi connectivity index (χ0v) is 16.3. The van der Waals surface area contributed by atoms with E-state index in [9.17, 15) is 14.9 Å². The van der Waals surface area contributed by atoms with E-state index in [0.29, 0.717) is 25.4 Å². The highest BCUT2D eigenvalue weighted by molar-refractivity contribution is 5.96. The van der Waals surface area contributed by atoms with Crippen molar-refractivity contribution in [3.8, 4) is 0 Å². The molecular weight excluding hydrogens is 358 g/mol. The van der Waals surface area contributed by atoms with E-state index in [0.717, 1.165) is 11.1 Å². The van der Waals surface area contributed by atoms with E-state index in [2.05, 4.69) is 5.32 Å². The second-order valence-corrected chi connectivity index (χ2v) is 7.25. The molecule has 1 heterocycles. The summed E-state index contributed by atoms with van der Waals surface area (Å²) < 4.78 is 5.93. The summed E-state index contributed by atoms with van der Waals surface area (Å²) >= 11 is 0. The number of nitrogens with one attached hydrogen (secondary N) is 1. The van der Waals surface area contributed by atoms with Gasteiger partial charge in [-0.05, 0) is 44.0 Å². The van der Waals surface area contributed by atoms with Gasteiger partial charge in [0, 0.05) is 30.8 Å². The first-order valence-corrected chi connectivity index (χ1v) is 9.38. The predicted molar refractivity (Wildman–Crippen MR) is 108 cm³/mol. The molecule has 1 aliphatic rings. The zero-order chi connectivity index (χ0) is 20.3. The van der Waals surface area contributed by atoms with Crippen LogP contribution >= 0.6 is 0 Å². The van der Waals surface area contributed by atoms with Gasteiger partial charge < -0.3 is 15.0 Å². The maximum absolute atomic E-state index is 12.2. The minimum absolute atomic E-state index is 0.0413. The molecular formula is C21H25N3O4. The number of nitrogens with zero attached hydrogens (tertiary/aromatic N) is 2. The Kier molecular flexibility index (Phi) is 5.94. The van der Waals surface area contributed by atoms with Crippen LogP contribution in [0.1, 0.15) is 41.4 Å². The Morgan fingerprint density at radius 2 is 2.04 bits per heavy atom. The van der Waals surface area contributed by atoms with E-state index in [1.807, 2.05) is 49.9 Å². The molecule has 2 aromatic carbocycles. The number of anilines is 1. The van der Waals surface area contributed by atoms with E-state index in [1.165, 1.54) is 6.07 Å². The van der Waals surface area contributed by atoms with Crippen LogP contribution in [0.2, 0.25) is 0 Å². The third-order valence-electron chi connectivity index (χ3n) is 4.80. The van der Waals surface area contributed by atoms with Gasteiger partial charge in [-0.3, -0.25) is 14.9 Å². The van der Waals surface area contributed by atoms with Crippen LogP contribution in [0.15, 0.2) is 42.5 Å². The molecule has 2 aromatic rings. The van der Waals surface area contributed by atoms with Crippen LogP contribution in [0.4, 0.5) is 11.4 Å². The first kappa shape index (κ1) is 19.8. The number of hydrogen-bond acceptors (Lipinski definition) is 5. The highest BCUT2D eigenvalue weighted by Crippen LogP contribution is 2.34. The van der Waals surface area contributed by atoms with Crippen LogP contribution in [0.5, 0.6) is 0 Å². The van der Waals surface area contributed by atoms with E-state index >= 15 is 0 Å². The number of carbonyl (C=O) groups is 1. The molecule has 1 fully saturated rings. The lowest BCUT2D eigenvalue weighted by molar-refractivity contribution is -0.384. The lowest BCUT2D eigenvalue weighted by Crippen LogP contribution is -2.39. The van der Waals surface area contributed by atoms with Gasteiger partial charge >= 0.3 is 0 Å². The molecule has 0 spiro atoms. The quantitative estimate of drug-likeness (QED) is 0.630. The van der Waals surface area contributed by atoms with Crippen molar-refractivity contribution in [3.63, 3.8) is 0 Å². The molecule has 0 aliphatic carbocycles. The summed E-state index contributed by atoms with van der Waals surface area (Å²) in [6.07, 6.45) is -0.154. The molecule has 0 saturated carbocycles. The molecule has 1 aliphatic heterocycles. The number of amides is 1. The molecule has 0 aromatic heterocycles. The molecule has 1 unspecified atom stereocenters. The summed E-state index contributed by atoms with van der Waals surface area (Å²) in [5.74, 6) is -0.315. The van der Waals surface area contributed by atoms with Gasteiger partial charge in [0.15, 0.2) is 0 Å². The third kappa shape index (κ3) is 4.31. The Morgan fingerprint density at radius 1 is 1.29 bits per heavy atom. The van der Waals surface area contributed by atoms with Gasteiger partial charge in [0.05, 0.1) is 11.5 Å². The van der Waals surface area contributed by atoms with E-state index in [4.69, 9.17) is 4.74 Å². The van der Waals surface area contributed by atoms with Gasteiger partial charge in [-0.1, -0.05) is 24.3 Å². The molecule has 7 heteroatoms. The molecule has 28 heavy (non-hydrogen) atoms. The molecule has 1 N–H and O–H groups in total. The fourth-order valence-electron chi connectivity index (χ4n) is 3.43. The maximum Gasteiger partial charge on any atom is 0.293 e. The molecule has 1 atom stereocenters. The Labute approximate surface area is 164 Å². The second kappa shape index (κ2) is 8.39. The highest BCUT2D eigenvalue weighted by Gasteiger charge is 2.28. The van der Waals surface area contributed by atoms with Crippen LogP contribution in [0, 0.1) is 17.0 Å². The van der Waals surface area contributed by atoms with Crippen molar-refractivity contribution in [1.82, 2.24) is 5.32 Å². The Hall–Kier alpha value is -2.93. The predicted octanol–water partition coefficient (Wildman–Crippen LogP) is 3.62. The minimum Gasteiger partial charge on any atom is -0.370 e. The molecule has 0 radical (unpaired) electrons. The second-order valence-electron chi connectivity index (χ2n) is 7.25. The summed E-state index contributed by atoms with van der Waals surface area (Å²) in [6, 6.07) is 12.6. The monoisotopic (exact) mass is 383 g/mol. The Balaban J connectivity index is 1.88. The number of morpholine rings is 1. The summed E-state index contributed by atoms with van der Waals surface area (Å²) in [7, 11) is 0. The molecule has 1 saturated heterocycles. The average Bonchev–Trinajstić information content (AvgIpc) is 2.67. The highest BCUT2D eigenvalue weighted by atomic mass is 16.6. The molecule has 148 valence electrons. The van der Waals surface area contributed by atoms with Crippen LogP contribution in [-0.4, -0.2) is 36.6 Å². The van der Waals surface area contributed by atoms with Gasteiger partial charge in [0.25, 0.3) is 11.6 Å². The van der Waals surface area contributed by atoms with E-state index in [-0.39, 0.29) is 29.3 Å². The molecule has 0 bridgehead atoms. The molecule has 7 nitrogen and oxygen atoms in total. The minimum atomic E-state index is -0.431. The van der Waals surface area contributed by atoms with Gasteiger partial charge in [0.2, 0.25) is 0 Å². The van der Waals surface area contributed by atoms with Crippen molar-refractivity contribution in [2.75, 3.05) is 24.6 Å². The van der Waals surface area contributed by atoms with Crippen molar-refractivity contribution in [2.24, 2.45) is 0 Å². The topological polar surface area (TPSA) is 84.7 Å². The van der Waals surface area contributed by atoms with Crippen molar-refractivity contribution >= 4 is 17.3 Å². The Bertz CT molecular complexity index is 882. The van der Waals surface area contributed by atoms with Gasteiger partial charge in [0.1, 0.15) is 11.8 Å². The fourth-order valence-corrected chi connectivity index (χ4v) is 3.43. The Morgan fingerprint density at radius 3 is 2.71 bits per heavy atom. The number of hydrogen-bond donors (Lipinski definition) is 1. The van der Waals surface area contributed by atoms with Gasteiger partial charge in [-0.15, -0.1) is 0 Å². The van der Waals surface area contributed by atoms with Gasteiger partial charge in [-0.2, -0.15) is 0 Å². The van der Waals surface area contributed by atoms with Crippen molar-refractivity contribution in [3.05, 3.63) is 69.3 Å². The number of nitro benzene ring substituents is 1. The molecule has 3 rings (SSSR count). The normalized spacial score (nSPS) is 16.9. The van der Waals surface area contributed by atoms with Crippen LogP contribution in [0.3, 0.4) is 0 Å².